The molecule has 1 saturated carbocycles. The molecule has 0 radical (unpaired) electrons. The van der Waals surface area contributed by atoms with Crippen LogP contribution < -0.4 is 5.32 Å². The van der Waals surface area contributed by atoms with Gasteiger partial charge in [-0.1, -0.05) is 19.3 Å². The lowest BCUT2D eigenvalue weighted by Crippen LogP contribution is -2.31. The van der Waals surface area contributed by atoms with Crippen LogP contribution in [-0.4, -0.2) is 38.0 Å². The Morgan fingerprint density at radius 2 is 2.29 bits per heavy atom. The van der Waals surface area contributed by atoms with E-state index in [0.717, 1.165) is 25.6 Å². The summed E-state index contributed by atoms with van der Waals surface area (Å²) in [6.45, 7) is 1.84. The van der Waals surface area contributed by atoms with E-state index < -0.39 is 0 Å². The van der Waals surface area contributed by atoms with Gasteiger partial charge in [0.1, 0.15) is 0 Å². The monoisotopic (exact) mass is 201 g/mol. The van der Waals surface area contributed by atoms with E-state index in [-0.39, 0.29) is 6.61 Å². The van der Waals surface area contributed by atoms with Gasteiger partial charge in [0.05, 0.1) is 6.61 Å². The summed E-state index contributed by atoms with van der Waals surface area (Å²) < 4.78 is 5.57. The molecule has 3 heteroatoms. The van der Waals surface area contributed by atoms with Crippen molar-refractivity contribution in [2.75, 3.05) is 26.9 Å². The van der Waals surface area contributed by atoms with Gasteiger partial charge < -0.3 is 15.2 Å². The fourth-order valence-electron chi connectivity index (χ4n) is 1.72. The van der Waals surface area contributed by atoms with Crippen LogP contribution in [0.2, 0.25) is 0 Å². The van der Waals surface area contributed by atoms with Crippen LogP contribution in [0, 0.1) is 5.92 Å². The molecule has 0 aromatic heterocycles. The maximum atomic E-state index is 8.76. The van der Waals surface area contributed by atoms with Crippen molar-refractivity contribution in [1.82, 2.24) is 5.32 Å². The average Bonchev–Trinajstić information content (AvgIpc) is 2.13. The van der Waals surface area contributed by atoms with Crippen molar-refractivity contribution in [2.45, 2.75) is 38.1 Å². The number of aliphatic hydroxyl groups excluding tert-OH is 1. The van der Waals surface area contributed by atoms with Crippen LogP contribution in [-0.2, 0) is 4.74 Å². The van der Waals surface area contributed by atoms with Gasteiger partial charge in [-0.25, -0.2) is 0 Å². The lowest BCUT2D eigenvalue weighted by Gasteiger charge is -2.25. The van der Waals surface area contributed by atoms with Gasteiger partial charge in [0.2, 0.25) is 0 Å². The van der Waals surface area contributed by atoms with Crippen LogP contribution in [0.1, 0.15) is 32.1 Å². The summed E-state index contributed by atoms with van der Waals surface area (Å²) in [6.07, 6.45) is 6.20. The maximum absolute atomic E-state index is 8.76. The SMILES string of the molecule is CNC(CCO)COCCC1CCC1. The van der Waals surface area contributed by atoms with Crippen molar-refractivity contribution in [1.29, 1.82) is 0 Å². The molecule has 84 valence electrons. The first-order chi connectivity index (χ1) is 6.86. The molecule has 1 aliphatic rings. The molecule has 1 fully saturated rings. The first-order valence-electron chi connectivity index (χ1n) is 5.72. The fraction of sp³-hybridized carbons (Fsp3) is 1.00. The molecular formula is C11H23NO2. The second kappa shape index (κ2) is 7.21. The van der Waals surface area contributed by atoms with Crippen molar-refractivity contribution in [3.05, 3.63) is 0 Å². The predicted octanol–water partition coefficient (Wildman–Crippen LogP) is 1.16. The number of ether oxygens (including phenoxy) is 1. The third kappa shape index (κ3) is 4.40. The smallest absolute Gasteiger partial charge is 0.0620 e. The van der Waals surface area contributed by atoms with Gasteiger partial charge in [-0.2, -0.15) is 0 Å². The van der Waals surface area contributed by atoms with E-state index in [4.69, 9.17) is 9.84 Å². The highest BCUT2D eigenvalue weighted by Gasteiger charge is 2.16. The Bertz CT molecular complexity index is 137. The lowest BCUT2D eigenvalue weighted by molar-refractivity contribution is 0.0839. The maximum Gasteiger partial charge on any atom is 0.0620 e. The molecular weight excluding hydrogens is 178 g/mol. The van der Waals surface area contributed by atoms with Gasteiger partial charge in [-0.05, 0) is 25.8 Å². The normalized spacial score (nSPS) is 19.3. The van der Waals surface area contributed by atoms with Gasteiger partial charge in [0.15, 0.2) is 0 Å². The first kappa shape index (κ1) is 12.0. The summed E-state index contributed by atoms with van der Waals surface area (Å²) in [7, 11) is 1.91. The number of likely N-dealkylation sites (N-methyl/N-ethyl adjacent to an activating group) is 1. The number of hydrogen-bond donors (Lipinski definition) is 2. The number of nitrogens with one attached hydrogen (secondary N) is 1. The zero-order valence-corrected chi connectivity index (χ0v) is 9.17. The van der Waals surface area contributed by atoms with Crippen LogP contribution in [0.25, 0.3) is 0 Å². The van der Waals surface area contributed by atoms with Gasteiger partial charge in [0.25, 0.3) is 0 Å². The first-order valence-corrected chi connectivity index (χ1v) is 5.72. The molecule has 2 N–H and O–H groups in total. The van der Waals surface area contributed by atoms with Crippen molar-refractivity contribution >= 4 is 0 Å². The van der Waals surface area contributed by atoms with E-state index >= 15 is 0 Å². The lowest BCUT2D eigenvalue weighted by atomic mass is 9.83. The molecule has 0 heterocycles. The summed E-state index contributed by atoms with van der Waals surface area (Å²) in [5.41, 5.74) is 0. The Balaban J connectivity index is 1.89. The highest BCUT2D eigenvalue weighted by molar-refractivity contribution is 4.69. The van der Waals surface area contributed by atoms with Crippen molar-refractivity contribution in [3.8, 4) is 0 Å². The minimum Gasteiger partial charge on any atom is -0.396 e. The molecule has 1 atom stereocenters. The number of hydrogen-bond acceptors (Lipinski definition) is 3. The molecule has 0 aliphatic heterocycles. The van der Waals surface area contributed by atoms with Crippen LogP contribution in [0.5, 0.6) is 0 Å². The standard InChI is InChI=1S/C11H23NO2/c1-12-11(5-7-13)9-14-8-6-10-3-2-4-10/h10-13H,2-9H2,1H3. The van der Waals surface area contributed by atoms with Crippen LogP contribution in [0.4, 0.5) is 0 Å². The van der Waals surface area contributed by atoms with E-state index in [1.807, 2.05) is 7.05 Å². The van der Waals surface area contributed by atoms with Gasteiger partial charge in [0, 0.05) is 19.3 Å². The second-order valence-electron chi connectivity index (χ2n) is 4.16. The summed E-state index contributed by atoms with van der Waals surface area (Å²) in [4.78, 5) is 0. The fourth-order valence-corrected chi connectivity index (χ4v) is 1.72. The van der Waals surface area contributed by atoms with Crippen molar-refractivity contribution in [2.24, 2.45) is 5.92 Å². The van der Waals surface area contributed by atoms with Crippen LogP contribution >= 0.6 is 0 Å². The quantitative estimate of drug-likeness (QED) is 0.579. The van der Waals surface area contributed by atoms with Gasteiger partial charge in [-0.15, -0.1) is 0 Å². The van der Waals surface area contributed by atoms with Crippen LogP contribution in [0.15, 0.2) is 0 Å². The Morgan fingerprint density at radius 1 is 1.50 bits per heavy atom. The zero-order chi connectivity index (χ0) is 10.2. The highest BCUT2D eigenvalue weighted by Crippen LogP contribution is 2.29. The minimum atomic E-state index is 0.234. The molecule has 3 nitrogen and oxygen atoms in total. The molecule has 1 aliphatic carbocycles. The molecule has 14 heavy (non-hydrogen) atoms. The van der Waals surface area contributed by atoms with E-state index in [0.29, 0.717) is 6.04 Å². The number of aliphatic hydroxyl groups is 1. The average molecular weight is 201 g/mol. The molecule has 1 rings (SSSR count). The molecule has 0 aromatic carbocycles. The summed E-state index contributed by atoms with van der Waals surface area (Å²) in [5, 5.41) is 11.9. The topological polar surface area (TPSA) is 41.5 Å². The second-order valence-corrected chi connectivity index (χ2v) is 4.16. The Labute approximate surface area is 86.8 Å². The van der Waals surface area contributed by atoms with E-state index in [9.17, 15) is 0 Å². The Hall–Kier alpha value is -0.120. The highest BCUT2D eigenvalue weighted by atomic mass is 16.5. The third-order valence-electron chi connectivity index (χ3n) is 3.10. The van der Waals surface area contributed by atoms with E-state index in [1.165, 1.54) is 25.7 Å². The molecule has 0 amide bonds. The van der Waals surface area contributed by atoms with Gasteiger partial charge >= 0.3 is 0 Å². The van der Waals surface area contributed by atoms with Gasteiger partial charge in [-0.3, -0.25) is 0 Å². The largest absolute Gasteiger partial charge is 0.396 e. The Morgan fingerprint density at radius 3 is 2.79 bits per heavy atom. The predicted molar refractivity (Wildman–Crippen MR) is 57.3 cm³/mol. The molecule has 0 spiro atoms. The van der Waals surface area contributed by atoms with E-state index in [2.05, 4.69) is 5.32 Å². The summed E-state index contributed by atoms with van der Waals surface area (Å²) >= 11 is 0. The summed E-state index contributed by atoms with van der Waals surface area (Å²) in [6, 6.07) is 0.307. The van der Waals surface area contributed by atoms with E-state index in [1.54, 1.807) is 0 Å². The molecule has 1 unspecified atom stereocenters. The number of rotatable bonds is 8. The minimum absolute atomic E-state index is 0.234. The molecule has 0 saturated heterocycles. The Kier molecular flexibility index (Phi) is 6.15. The summed E-state index contributed by atoms with van der Waals surface area (Å²) in [5.74, 6) is 0.931. The van der Waals surface area contributed by atoms with Crippen molar-refractivity contribution in [3.63, 3.8) is 0 Å². The van der Waals surface area contributed by atoms with Crippen molar-refractivity contribution < 1.29 is 9.84 Å². The van der Waals surface area contributed by atoms with Crippen LogP contribution in [0.3, 0.4) is 0 Å². The zero-order valence-electron chi connectivity index (χ0n) is 9.17. The molecule has 0 aromatic rings. The molecule has 0 bridgehead atoms. The third-order valence-corrected chi connectivity index (χ3v) is 3.10.